The lowest BCUT2D eigenvalue weighted by Gasteiger charge is -2.33. The van der Waals surface area contributed by atoms with Crippen LogP contribution in [-0.2, 0) is 9.59 Å². The number of thioether (sulfide) groups is 1. The Balaban J connectivity index is 2.65. The Bertz CT molecular complexity index is 375. The maximum Gasteiger partial charge on any atom is 0.327 e. The molecular formula is C11H19N3O4S. The number of aliphatic carboxylic acids is 1. The van der Waals surface area contributed by atoms with E-state index in [0.717, 1.165) is 0 Å². The van der Waals surface area contributed by atoms with Crippen molar-refractivity contribution in [3.63, 3.8) is 0 Å². The largest absolute Gasteiger partial charge is 0.480 e. The number of hydrogen-bond donors (Lipinski definition) is 2. The molecule has 2 N–H and O–H groups in total. The molecule has 8 heteroatoms. The summed E-state index contributed by atoms with van der Waals surface area (Å²) in [6, 6.07) is -2.01. The van der Waals surface area contributed by atoms with Gasteiger partial charge in [0.05, 0.1) is 0 Å². The number of nitrogens with one attached hydrogen (secondary N) is 1. The minimum atomic E-state index is -1.02. The van der Waals surface area contributed by atoms with Crippen molar-refractivity contribution in [1.29, 1.82) is 0 Å². The summed E-state index contributed by atoms with van der Waals surface area (Å²) in [5.41, 5.74) is 0. The van der Waals surface area contributed by atoms with E-state index in [1.807, 2.05) is 0 Å². The summed E-state index contributed by atoms with van der Waals surface area (Å²) in [6.07, 6.45) is 0. The van der Waals surface area contributed by atoms with E-state index >= 15 is 0 Å². The molecule has 2 atom stereocenters. The summed E-state index contributed by atoms with van der Waals surface area (Å²) in [7, 11) is 3.20. The molecule has 0 radical (unpaired) electrons. The Morgan fingerprint density at radius 3 is 2.58 bits per heavy atom. The van der Waals surface area contributed by atoms with Gasteiger partial charge in [0.1, 0.15) is 12.1 Å². The highest BCUT2D eigenvalue weighted by molar-refractivity contribution is 7.99. The number of carbonyl (C=O) groups is 3. The van der Waals surface area contributed by atoms with E-state index in [2.05, 4.69) is 5.32 Å². The van der Waals surface area contributed by atoms with Crippen LogP contribution in [-0.4, -0.2) is 77.0 Å². The highest BCUT2D eigenvalue weighted by Crippen LogP contribution is 2.16. The summed E-state index contributed by atoms with van der Waals surface area (Å²) < 4.78 is 0. The van der Waals surface area contributed by atoms with E-state index < -0.39 is 24.1 Å². The summed E-state index contributed by atoms with van der Waals surface area (Å²) in [4.78, 5) is 37.4. The zero-order chi connectivity index (χ0) is 14.6. The molecule has 7 nitrogen and oxygen atoms in total. The van der Waals surface area contributed by atoms with Crippen LogP contribution in [0.2, 0.25) is 0 Å². The van der Waals surface area contributed by atoms with Gasteiger partial charge >= 0.3 is 12.0 Å². The third kappa shape index (κ3) is 4.02. The number of rotatable bonds is 3. The predicted molar refractivity (Wildman–Crippen MR) is 72.1 cm³/mol. The first-order valence-corrected chi connectivity index (χ1v) is 7.09. The molecule has 0 bridgehead atoms. The van der Waals surface area contributed by atoms with Gasteiger partial charge in [-0.05, 0) is 6.92 Å². The molecule has 108 valence electrons. The first kappa shape index (κ1) is 15.6. The van der Waals surface area contributed by atoms with Gasteiger partial charge in [0.2, 0.25) is 5.91 Å². The summed E-state index contributed by atoms with van der Waals surface area (Å²) in [5, 5.41) is 11.6. The van der Waals surface area contributed by atoms with Gasteiger partial charge in [-0.3, -0.25) is 4.79 Å². The van der Waals surface area contributed by atoms with Crippen molar-refractivity contribution in [2.75, 3.05) is 32.1 Å². The monoisotopic (exact) mass is 289 g/mol. The Morgan fingerprint density at radius 2 is 2.05 bits per heavy atom. The van der Waals surface area contributed by atoms with Gasteiger partial charge in [-0.25, -0.2) is 9.59 Å². The Labute approximate surface area is 116 Å². The SMILES string of the molecule is CC(NC(=O)N1CCSCC1C(=O)O)C(=O)N(C)C. The third-order valence-electron chi connectivity index (χ3n) is 2.83. The molecule has 19 heavy (non-hydrogen) atoms. The second kappa shape index (κ2) is 6.65. The second-order valence-electron chi connectivity index (χ2n) is 4.53. The van der Waals surface area contributed by atoms with Gasteiger partial charge in [-0.2, -0.15) is 11.8 Å². The first-order valence-electron chi connectivity index (χ1n) is 5.93. The van der Waals surface area contributed by atoms with Crippen LogP contribution in [0.25, 0.3) is 0 Å². The minimum Gasteiger partial charge on any atom is -0.480 e. The maximum atomic E-state index is 12.0. The first-order chi connectivity index (χ1) is 8.84. The Hall–Kier alpha value is -1.44. The van der Waals surface area contributed by atoms with E-state index in [4.69, 9.17) is 5.11 Å². The van der Waals surface area contributed by atoms with Gasteiger partial charge in [-0.15, -0.1) is 0 Å². The molecular weight excluding hydrogens is 270 g/mol. The molecule has 1 aliphatic rings. The van der Waals surface area contributed by atoms with Gasteiger partial charge in [0.15, 0.2) is 0 Å². The topological polar surface area (TPSA) is 90.0 Å². The number of amides is 3. The molecule has 1 fully saturated rings. The molecule has 1 saturated heterocycles. The van der Waals surface area contributed by atoms with Crippen molar-refractivity contribution in [2.24, 2.45) is 0 Å². The van der Waals surface area contributed by atoms with Gasteiger partial charge in [-0.1, -0.05) is 0 Å². The van der Waals surface area contributed by atoms with Gasteiger partial charge in [0, 0.05) is 32.1 Å². The van der Waals surface area contributed by atoms with Crippen molar-refractivity contribution in [3.8, 4) is 0 Å². The summed E-state index contributed by atoms with van der Waals surface area (Å²) in [5.74, 6) is -0.174. The molecule has 0 aromatic rings. The zero-order valence-corrected chi connectivity index (χ0v) is 12.1. The van der Waals surface area contributed by atoms with Crippen LogP contribution in [0.5, 0.6) is 0 Å². The normalized spacial score (nSPS) is 20.6. The molecule has 2 unspecified atom stereocenters. The fourth-order valence-corrected chi connectivity index (χ4v) is 2.81. The van der Waals surface area contributed by atoms with Crippen LogP contribution in [0.15, 0.2) is 0 Å². The molecule has 1 rings (SSSR count). The van der Waals surface area contributed by atoms with E-state index in [1.165, 1.54) is 21.6 Å². The number of hydrogen-bond acceptors (Lipinski definition) is 4. The molecule has 3 amide bonds. The molecule has 1 heterocycles. The third-order valence-corrected chi connectivity index (χ3v) is 3.85. The van der Waals surface area contributed by atoms with Crippen molar-refractivity contribution in [1.82, 2.24) is 15.1 Å². The van der Waals surface area contributed by atoms with Crippen LogP contribution in [0.4, 0.5) is 4.79 Å². The van der Waals surface area contributed by atoms with Gasteiger partial charge in [0.25, 0.3) is 0 Å². The number of carboxylic acid groups (broad SMARTS) is 1. The molecule has 1 aliphatic heterocycles. The average Bonchev–Trinajstić information content (AvgIpc) is 2.37. The van der Waals surface area contributed by atoms with Crippen molar-refractivity contribution >= 4 is 29.7 Å². The van der Waals surface area contributed by atoms with Crippen LogP contribution >= 0.6 is 11.8 Å². The van der Waals surface area contributed by atoms with Crippen molar-refractivity contribution < 1.29 is 19.5 Å². The lowest BCUT2D eigenvalue weighted by Crippen LogP contribution is -2.56. The summed E-state index contributed by atoms with van der Waals surface area (Å²) >= 11 is 1.50. The highest BCUT2D eigenvalue weighted by Gasteiger charge is 2.33. The lowest BCUT2D eigenvalue weighted by atomic mass is 10.2. The number of carboxylic acids is 1. The standard InChI is InChI=1S/C11H19N3O4S/c1-7(9(15)13(2)3)12-11(18)14-4-5-19-6-8(14)10(16)17/h7-8H,4-6H2,1-3H3,(H,12,18)(H,16,17). The Morgan fingerprint density at radius 1 is 1.42 bits per heavy atom. The quantitative estimate of drug-likeness (QED) is 0.743. The average molecular weight is 289 g/mol. The molecule has 0 spiro atoms. The van der Waals surface area contributed by atoms with E-state index in [-0.39, 0.29) is 5.91 Å². The smallest absolute Gasteiger partial charge is 0.327 e. The number of likely N-dealkylation sites (N-methyl/N-ethyl adjacent to an activating group) is 1. The predicted octanol–water partition coefficient (Wildman–Crippen LogP) is -0.325. The number of carbonyl (C=O) groups excluding carboxylic acids is 2. The van der Waals surface area contributed by atoms with Crippen LogP contribution in [0.3, 0.4) is 0 Å². The highest BCUT2D eigenvalue weighted by atomic mass is 32.2. The molecule has 0 aromatic carbocycles. The van der Waals surface area contributed by atoms with Gasteiger partial charge < -0.3 is 20.2 Å². The fourth-order valence-electron chi connectivity index (χ4n) is 1.77. The number of nitrogens with zero attached hydrogens (tertiary/aromatic N) is 2. The van der Waals surface area contributed by atoms with Crippen molar-refractivity contribution in [3.05, 3.63) is 0 Å². The maximum absolute atomic E-state index is 12.0. The Kier molecular flexibility index (Phi) is 5.46. The van der Waals surface area contributed by atoms with Crippen LogP contribution in [0.1, 0.15) is 6.92 Å². The molecule has 0 saturated carbocycles. The molecule has 0 aliphatic carbocycles. The van der Waals surface area contributed by atoms with Crippen molar-refractivity contribution in [2.45, 2.75) is 19.0 Å². The van der Waals surface area contributed by atoms with E-state index in [0.29, 0.717) is 18.1 Å². The lowest BCUT2D eigenvalue weighted by molar-refractivity contribution is -0.141. The molecule has 0 aromatic heterocycles. The van der Waals surface area contributed by atoms with E-state index in [9.17, 15) is 14.4 Å². The fraction of sp³-hybridized carbons (Fsp3) is 0.727. The van der Waals surface area contributed by atoms with E-state index in [1.54, 1.807) is 21.0 Å². The second-order valence-corrected chi connectivity index (χ2v) is 5.68. The zero-order valence-electron chi connectivity index (χ0n) is 11.3. The van der Waals surface area contributed by atoms with Crippen LogP contribution < -0.4 is 5.32 Å². The minimum absolute atomic E-state index is 0.230. The number of urea groups is 1. The van der Waals surface area contributed by atoms with Crippen LogP contribution in [0, 0.1) is 0 Å². The summed E-state index contributed by atoms with van der Waals surface area (Å²) in [6.45, 7) is 1.95.